The number of halogens is 3. The van der Waals surface area contributed by atoms with Gasteiger partial charge in [-0.2, -0.15) is 0 Å². The average molecular weight is 309 g/mol. The smallest absolute Gasteiger partial charge is 0.321 e. The number of anilines is 1. The molecular formula is C6H8Cl3N2O4P. The summed E-state index contributed by atoms with van der Waals surface area (Å²) in [6.07, 6.45) is 0. The number of phosphoric acid groups is 1. The van der Waals surface area contributed by atoms with Gasteiger partial charge in [-0.15, -0.1) is 0 Å². The molecule has 0 radical (unpaired) electrons. The number of hydrazine groups is 1. The average Bonchev–Trinajstić information content (AvgIpc) is 1.99. The van der Waals surface area contributed by atoms with Crippen molar-refractivity contribution in [1.29, 1.82) is 0 Å². The third-order valence-electron chi connectivity index (χ3n) is 1.15. The first-order valence-electron chi connectivity index (χ1n) is 3.54. The summed E-state index contributed by atoms with van der Waals surface area (Å²) >= 11 is 17.1. The molecule has 0 unspecified atom stereocenters. The maximum atomic E-state index is 8.88. The van der Waals surface area contributed by atoms with E-state index in [9.17, 15) is 0 Å². The van der Waals surface area contributed by atoms with E-state index in [0.717, 1.165) is 0 Å². The molecule has 0 aromatic heterocycles. The Bertz CT molecular complexity index is 379. The number of nitrogens with one attached hydrogen (secondary N) is 1. The van der Waals surface area contributed by atoms with Gasteiger partial charge in [0, 0.05) is 5.02 Å². The van der Waals surface area contributed by atoms with Gasteiger partial charge in [-0.3, -0.25) is 5.84 Å². The second kappa shape index (κ2) is 6.64. The Labute approximate surface area is 106 Å². The number of rotatable bonds is 1. The first-order chi connectivity index (χ1) is 7.15. The van der Waals surface area contributed by atoms with Gasteiger partial charge in [0.05, 0.1) is 15.7 Å². The van der Waals surface area contributed by atoms with Crippen LogP contribution >= 0.6 is 42.6 Å². The van der Waals surface area contributed by atoms with Crippen LogP contribution in [0.4, 0.5) is 5.69 Å². The highest BCUT2D eigenvalue weighted by atomic mass is 35.5. The van der Waals surface area contributed by atoms with Crippen LogP contribution < -0.4 is 11.3 Å². The van der Waals surface area contributed by atoms with Gasteiger partial charge in [0.15, 0.2) is 0 Å². The Morgan fingerprint density at radius 3 is 1.69 bits per heavy atom. The zero-order chi connectivity index (χ0) is 12.9. The summed E-state index contributed by atoms with van der Waals surface area (Å²) < 4.78 is 8.88. The molecule has 0 atom stereocenters. The van der Waals surface area contributed by atoms with Gasteiger partial charge in [-0.1, -0.05) is 34.8 Å². The van der Waals surface area contributed by atoms with Crippen molar-refractivity contribution in [3.8, 4) is 0 Å². The van der Waals surface area contributed by atoms with Crippen molar-refractivity contribution >= 4 is 48.3 Å². The van der Waals surface area contributed by atoms with E-state index in [4.69, 9.17) is 59.9 Å². The first kappa shape index (κ1) is 16.0. The predicted octanol–water partition coefficient (Wildman–Crippen LogP) is 2.00. The summed E-state index contributed by atoms with van der Waals surface area (Å²) in [4.78, 5) is 21.6. The highest BCUT2D eigenvalue weighted by Gasteiger charge is 2.04. The van der Waals surface area contributed by atoms with Crippen molar-refractivity contribution < 1.29 is 19.2 Å². The third kappa shape index (κ3) is 7.27. The highest BCUT2D eigenvalue weighted by Crippen LogP contribution is 2.32. The van der Waals surface area contributed by atoms with Gasteiger partial charge in [-0.05, 0) is 12.1 Å². The molecule has 1 rings (SSSR count). The monoisotopic (exact) mass is 308 g/mol. The van der Waals surface area contributed by atoms with E-state index in [-0.39, 0.29) is 0 Å². The van der Waals surface area contributed by atoms with E-state index < -0.39 is 7.82 Å². The van der Waals surface area contributed by atoms with Crippen LogP contribution in [0.3, 0.4) is 0 Å². The van der Waals surface area contributed by atoms with Gasteiger partial charge < -0.3 is 20.1 Å². The van der Waals surface area contributed by atoms with Crippen molar-refractivity contribution in [2.75, 3.05) is 5.43 Å². The molecule has 0 amide bonds. The molecule has 0 aliphatic carbocycles. The molecule has 0 aliphatic heterocycles. The van der Waals surface area contributed by atoms with Crippen molar-refractivity contribution in [3.05, 3.63) is 27.2 Å². The summed E-state index contributed by atoms with van der Waals surface area (Å²) in [6, 6.07) is 3.12. The molecule has 0 bridgehead atoms. The standard InChI is InChI=1S/C6H5Cl3N2.H3O4P/c7-3-1-4(8)6(11-10)5(9)2-3;1-5(2,3)4/h1-2,11H,10H2;(H3,1,2,3,4). The summed E-state index contributed by atoms with van der Waals surface area (Å²) in [5, 5.41) is 1.30. The number of hydrogen-bond donors (Lipinski definition) is 5. The Hall–Kier alpha value is -0.0400. The topological polar surface area (TPSA) is 116 Å². The molecule has 92 valence electrons. The summed E-state index contributed by atoms with van der Waals surface area (Å²) in [5.41, 5.74) is 2.85. The van der Waals surface area contributed by atoms with Crippen LogP contribution in [-0.4, -0.2) is 14.7 Å². The second-order valence-corrected chi connectivity index (χ2v) is 4.68. The van der Waals surface area contributed by atoms with Gasteiger partial charge in [0.1, 0.15) is 0 Å². The fourth-order valence-corrected chi connectivity index (χ4v) is 1.61. The molecule has 0 aliphatic rings. The molecule has 1 aromatic carbocycles. The molecule has 0 saturated heterocycles. The van der Waals surface area contributed by atoms with Crippen LogP contribution in [0.15, 0.2) is 12.1 Å². The van der Waals surface area contributed by atoms with Gasteiger partial charge in [0.25, 0.3) is 0 Å². The van der Waals surface area contributed by atoms with Crippen LogP contribution in [0, 0.1) is 0 Å². The van der Waals surface area contributed by atoms with E-state index in [0.29, 0.717) is 20.8 Å². The zero-order valence-electron chi connectivity index (χ0n) is 7.56. The maximum absolute atomic E-state index is 8.88. The van der Waals surface area contributed by atoms with Crippen molar-refractivity contribution in [1.82, 2.24) is 0 Å². The molecule has 0 spiro atoms. The fraction of sp³-hybridized carbons (Fsp3) is 0. The minimum absolute atomic E-state index is 0.407. The summed E-state index contributed by atoms with van der Waals surface area (Å²) in [5.74, 6) is 5.14. The van der Waals surface area contributed by atoms with Gasteiger partial charge in [0.2, 0.25) is 0 Å². The first-order valence-corrected chi connectivity index (χ1v) is 6.24. The van der Waals surface area contributed by atoms with E-state index in [1.807, 2.05) is 0 Å². The molecular weight excluding hydrogens is 301 g/mol. The van der Waals surface area contributed by atoms with Crippen molar-refractivity contribution in [2.24, 2.45) is 5.84 Å². The minimum Gasteiger partial charge on any atom is -0.321 e. The van der Waals surface area contributed by atoms with Crippen LogP contribution in [0.5, 0.6) is 0 Å². The number of nitrogen functional groups attached to an aromatic ring is 1. The molecule has 6 N–H and O–H groups in total. The Kier molecular flexibility index (Phi) is 6.62. The van der Waals surface area contributed by atoms with E-state index >= 15 is 0 Å². The van der Waals surface area contributed by atoms with Gasteiger partial charge in [-0.25, -0.2) is 4.57 Å². The number of hydrogen-bond acceptors (Lipinski definition) is 3. The molecule has 1 aromatic rings. The Balaban J connectivity index is 0.000000385. The quantitative estimate of drug-likeness (QED) is 0.308. The summed E-state index contributed by atoms with van der Waals surface area (Å²) in [6.45, 7) is 0. The lowest BCUT2D eigenvalue weighted by molar-refractivity contribution is 0.275. The molecule has 0 fully saturated rings. The van der Waals surface area contributed by atoms with Crippen LogP contribution in [0.25, 0.3) is 0 Å². The van der Waals surface area contributed by atoms with Gasteiger partial charge >= 0.3 is 7.82 Å². The highest BCUT2D eigenvalue weighted by molar-refractivity contribution is 7.45. The largest absolute Gasteiger partial charge is 0.466 e. The molecule has 16 heavy (non-hydrogen) atoms. The fourth-order valence-electron chi connectivity index (χ4n) is 0.680. The van der Waals surface area contributed by atoms with E-state index in [2.05, 4.69) is 5.43 Å². The summed E-state index contributed by atoms with van der Waals surface area (Å²) in [7, 11) is -4.64. The minimum atomic E-state index is -4.64. The Morgan fingerprint density at radius 1 is 1.12 bits per heavy atom. The van der Waals surface area contributed by atoms with Crippen LogP contribution in [0.2, 0.25) is 15.1 Å². The molecule has 0 saturated carbocycles. The van der Waals surface area contributed by atoms with Crippen molar-refractivity contribution in [2.45, 2.75) is 0 Å². The lowest BCUT2D eigenvalue weighted by Gasteiger charge is -2.05. The van der Waals surface area contributed by atoms with E-state index in [1.54, 1.807) is 12.1 Å². The third-order valence-corrected chi connectivity index (χ3v) is 1.97. The lowest BCUT2D eigenvalue weighted by atomic mass is 10.3. The molecule has 0 heterocycles. The lowest BCUT2D eigenvalue weighted by Crippen LogP contribution is -2.07. The molecule has 10 heteroatoms. The molecule has 6 nitrogen and oxygen atoms in total. The normalized spacial score (nSPS) is 10.4. The Morgan fingerprint density at radius 2 is 1.44 bits per heavy atom. The van der Waals surface area contributed by atoms with Crippen LogP contribution in [0.1, 0.15) is 0 Å². The maximum Gasteiger partial charge on any atom is 0.466 e. The number of benzene rings is 1. The van der Waals surface area contributed by atoms with Crippen molar-refractivity contribution in [3.63, 3.8) is 0 Å². The SMILES string of the molecule is NNc1c(Cl)cc(Cl)cc1Cl.O=P(O)(O)O. The van der Waals surface area contributed by atoms with E-state index in [1.165, 1.54) is 0 Å². The number of nitrogens with two attached hydrogens (primary N) is 1. The predicted molar refractivity (Wildman–Crippen MR) is 63.5 cm³/mol. The van der Waals surface area contributed by atoms with Crippen LogP contribution in [-0.2, 0) is 4.57 Å². The zero-order valence-corrected chi connectivity index (χ0v) is 10.7. The second-order valence-electron chi connectivity index (χ2n) is 2.40.